The van der Waals surface area contributed by atoms with E-state index < -0.39 is 0 Å². The lowest BCUT2D eigenvalue weighted by atomic mass is 9.44. The molecule has 0 N–H and O–H groups in total. The van der Waals surface area contributed by atoms with Crippen LogP contribution >= 0.6 is 0 Å². The Morgan fingerprint density at radius 2 is 1.52 bits per heavy atom. The van der Waals surface area contributed by atoms with Gasteiger partial charge in [0.2, 0.25) is 0 Å². The minimum Gasteiger partial charge on any atom is -0.370 e. The number of hydrogen-bond donors (Lipinski definition) is 0. The Kier molecular flexibility index (Phi) is 3.22. The molecule has 0 spiro atoms. The van der Waals surface area contributed by atoms with Gasteiger partial charge in [0.05, 0.1) is 17.8 Å². The third kappa shape index (κ3) is 2.12. The van der Waals surface area contributed by atoms with Crippen molar-refractivity contribution in [3.8, 4) is 0 Å². The van der Waals surface area contributed by atoms with E-state index in [1.165, 1.54) is 6.42 Å². The van der Waals surface area contributed by atoms with E-state index in [9.17, 15) is 4.79 Å². The van der Waals surface area contributed by atoms with Crippen molar-refractivity contribution in [2.45, 2.75) is 90.4 Å². The second-order valence-corrected chi connectivity index (χ2v) is 9.88. The van der Waals surface area contributed by atoms with Crippen molar-refractivity contribution in [1.29, 1.82) is 0 Å². The number of Topliss-reactive ketones (excluding diaryl/α,β-unsaturated/α-hetero) is 1. The Bertz CT molecular complexity index is 537. The monoisotopic (exact) mass is 320 g/mol. The highest BCUT2D eigenvalue weighted by molar-refractivity contribution is 5.85. The van der Waals surface area contributed by atoms with Crippen molar-refractivity contribution < 1.29 is 14.3 Å². The fourth-order valence-electron chi connectivity index (χ4n) is 6.71. The van der Waals surface area contributed by atoms with Crippen LogP contribution in [0.4, 0.5) is 0 Å². The quantitative estimate of drug-likeness (QED) is 0.682. The maximum absolute atomic E-state index is 12.5. The van der Waals surface area contributed by atoms with Gasteiger partial charge in [-0.1, -0.05) is 20.8 Å². The topological polar surface area (TPSA) is 38.8 Å². The number of ether oxygens (including phenoxy) is 2. The molecule has 0 aromatic carbocycles. The Morgan fingerprint density at radius 1 is 0.913 bits per heavy atom. The summed E-state index contributed by atoms with van der Waals surface area (Å²) >= 11 is 0. The highest BCUT2D eigenvalue weighted by Gasteiger charge is 2.64. The third-order valence-electron chi connectivity index (χ3n) is 8.15. The molecule has 6 atom stereocenters. The zero-order valence-corrected chi connectivity index (χ0v) is 15.4. The van der Waals surface area contributed by atoms with E-state index in [-0.39, 0.29) is 22.0 Å². The van der Waals surface area contributed by atoms with E-state index in [2.05, 4.69) is 34.6 Å². The standard InChI is InChI=1S/C20H32O3/c1-17(2)13-6-10-19(4)14(18(13,3)9-8-15(17)21)7-11-20(5,23-19)16-12-22-16/h13-14,16H,6-12H2,1-5H3/t13-,14+,16-,18-,19+,20-/m1/s1. The number of fused-ring (bicyclic) bond motifs is 3. The second-order valence-electron chi connectivity index (χ2n) is 9.88. The van der Waals surface area contributed by atoms with Gasteiger partial charge < -0.3 is 9.47 Å². The summed E-state index contributed by atoms with van der Waals surface area (Å²) in [5.41, 5.74) is -0.0973. The van der Waals surface area contributed by atoms with Gasteiger partial charge >= 0.3 is 0 Å². The van der Waals surface area contributed by atoms with Gasteiger partial charge in [0.1, 0.15) is 11.9 Å². The molecule has 0 unspecified atom stereocenters. The first-order valence-corrected chi connectivity index (χ1v) is 9.47. The highest BCUT2D eigenvalue weighted by Crippen LogP contribution is 2.65. The van der Waals surface area contributed by atoms with E-state index in [1.54, 1.807) is 0 Å². The molecule has 2 aliphatic heterocycles. The normalized spacial score (nSPS) is 55.0. The Labute approximate surface area is 140 Å². The highest BCUT2D eigenvalue weighted by atomic mass is 16.6. The lowest BCUT2D eigenvalue weighted by Crippen LogP contribution is -2.64. The summed E-state index contributed by atoms with van der Waals surface area (Å²) in [4.78, 5) is 12.5. The molecular weight excluding hydrogens is 288 g/mol. The van der Waals surface area contributed by atoms with Crippen molar-refractivity contribution in [3.63, 3.8) is 0 Å². The van der Waals surface area contributed by atoms with Crippen molar-refractivity contribution in [2.75, 3.05) is 6.61 Å². The summed E-state index contributed by atoms with van der Waals surface area (Å²) < 4.78 is 12.4. The summed E-state index contributed by atoms with van der Waals surface area (Å²) in [6.07, 6.45) is 6.59. The van der Waals surface area contributed by atoms with E-state index in [4.69, 9.17) is 9.47 Å². The van der Waals surface area contributed by atoms with Crippen LogP contribution in [-0.4, -0.2) is 29.7 Å². The summed E-state index contributed by atoms with van der Waals surface area (Å²) in [5.74, 6) is 1.53. The van der Waals surface area contributed by atoms with Gasteiger partial charge in [0.25, 0.3) is 0 Å². The van der Waals surface area contributed by atoms with Crippen molar-refractivity contribution in [2.24, 2.45) is 22.7 Å². The van der Waals surface area contributed by atoms with Gasteiger partial charge in [-0.25, -0.2) is 0 Å². The van der Waals surface area contributed by atoms with Crippen LogP contribution < -0.4 is 0 Å². The fourth-order valence-corrected chi connectivity index (χ4v) is 6.71. The average Bonchev–Trinajstić information content (AvgIpc) is 3.27. The van der Waals surface area contributed by atoms with Gasteiger partial charge in [0.15, 0.2) is 0 Å². The molecule has 0 amide bonds. The van der Waals surface area contributed by atoms with Gasteiger partial charge in [0, 0.05) is 11.8 Å². The first-order chi connectivity index (χ1) is 10.6. The van der Waals surface area contributed by atoms with Crippen molar-refractivity contribution in [1.82, 2.24) is 0 Å². The molecule has 4 aliphatic rings. The first kappa shape index (κ1) is 16.1. The molecule has 23 heavy (non-hydrogen) atoms. The zero-order valence-electron chi connectivity index (χ0n) is 15.4. The molecule has 0 aromatic heterocycles. The molecule has 2 saturated heterocycles. The predicted octanol–water partition coefficient (Wildman–Crippen LogP) is 4.13. The van der Waals surface area contributed by atoms with Gasteiger partial charge in [-0.3, -0.25) is 4.79 Å². The number of hydrogen-bond acceptors (Lipinski definition) is 3. The average molecular weight is 320 g/mol. The molecule has 0 radical (unpaired) electrons. The van der Waals surface area contributed by atoms with Crippen LogP contribution in [0.25, 0.3) is 0 Å². The van der Waals surface area contributed by atoms with Crippen LogP contribution in [0.3, 0.4) is 0 Å². The lowest BCUT2D eigenvalue weighted by Gasteiger charge is -2.64. The van der Waals surface area contributed by atoms with E-state index in [0.29, 0.717) is 23.7 Å². The van der Waals surface area contributed by atoms with Gasteiger partial charge in [-0.05, 0) is 63.2 Å². The zero-order chi connectivity index (χ0) is 16.7. The number of rotatable bonds is 1. The van der Waals surface area contributed by atoms with Gasteiger partial charge in [-0.15, -0.1) is 0 Å². The molecule has 3 nitrogen and oxygen atoms in total. The summed E-state index contributed by atoms with van der Waals surface area (Å²) in [6.45, 7) is 12.3. The Hall–Kier alpha value is -0.410. The summed E-state index contributed by atoms with van der Waals surface area (Å²) in [5, 5.41) is 0. The van der Waals surface area contributed by atoms with Crippen LogP contribution in [0.5, 0.6) is 0 Å². The largest absolute Gasteiger partial charge is 0.370 e. The van der Waals surface area contributed by atoms with Gasteiger partial charge in [-0.2, -0.15) is 0 Å². The molecule has 130 valence electrons. The number of ketones is 1. The SMILES string of the molecule is CC1(C)C(=O)CC[C@]2(C)[C@@H]1CC[C@]1(C)O[C@@](C)([C@H]3CO3)CC[C@@H]21. The van der Waals surface area contributed by atoms with Crippen LogP contribution in [0.15, 0.2) is 0 Å². The first-order valence-electron chi connectivity index (χ1n) is 9.47. The molecule has 4 rings (SSSR count). The second kappa shape index (κ2) is 4.60. The smallest absolute Gasteiger partial charge is 0.138 e. The maximum atomic E-state index is 12.5. The molecule has 2 aliphatic carbocycles. The van der Waals surface area contributed by atoms with Crippen molar-refractivity contribution in [3.05, 3.63) is 0 Å². The number of carbonyl (C=O) groups is 1. The maximum Gasteiger partial charge on any atom is 0.138 e. The lowest BCUT2D eigenvalue weighted by molar-refractivity contribution is -0.266. The van der Waals surface area contributed by atoms with Crippen molar-refractivity contribution >= 4 is 5.78 Å². The molecule has 3 heteroatoms. The van der Waals surface area contributed by atoms with Crippen LogP contribution in [0, 0.1) is 22.7 Å². The van der Waals surface area contributed by atoms with E-state index in [0.717, 1.165) is 38.7 Å². The fraction of sp³-hybridized carbons (Fsp3) is 0.950. The minimum absolute atomic E-state index is 0.0549. The molecular formula is C20H32O3. The molecule has 0 bridgehead atoms. The van der Waals surface area contributed by atoms with Crippen LogP contribution in [-0.2, 0) is 14.3 Å². The summed E-state index contributed by atoms with van der Waals surface area (Å²) in [6, 6.07) is 0. The van der Waals surface area contributed by atoms with E-state index >= 15 is 0 Å². The number of carbonyl (C=O) groups excluding carboxylic acids is 1. The Morgan fingerprint density at radius 3 is 2.17 bits per heavy atom. The van der Waals surface area contributed by atoms with Crippen LogP contribution in [0.2, 0.25) is 0 Å². The molecule has 4 fully saturated rings. The molecule has 2 saturated carbocycles. The van der Waals surface area contributed by atoms with E-state index in [1.807, 2.05) is 0 Å². The Balaban J connectivity index is 1.66. The van der Waals surface area contributed by atoms with Crippen LogP contribution in [0.1, 0.15) is 73.1 Å². The predicted molar refractivity (Wildman–Crippen MR) is 89.2 cm³/mol. The third-order valence-corrected chi connectivity index (χ3v) is 8.15. The number of epoxide rings is 1. The summed E-state index contributed by atoms with van der Waals surface area (Å²) in [7, 11) is 0. The molecule has 2 heterocycles. The molecule has 0 aromatic rings. The minimum atomic E-state index is -0.172.